The van der Waals surface area contributed by atoms with E-state index in [9.17, 15) is 0 Å². The molecule has 0 atom stereocenters. The Morgan fingerprint density at radius 1 is 1.18 bits per heavy atom. The predicted octanol–water partition coefficient (Wildman–Crippen LogP) is 2.33. The van der Waals surface area contributed by atoms with E-state index in [1.165, 1.54) is 6.21 Å². The molecular formula is C13H13N3O. The zero-order valence-electron chi connectivity index (χ0n) is 9.50. The fourth-order valence-corrected chi connectivity index (χ4v) is 1.34. The molecule has 0 aliphatic heterocycles. The van der Waals surface area contributed by atoms with Crippen molar-refractivity contribution in [1.82, 2.24) is 0 Å². The first-order chi connectivity index (χ1) is 8.25. The summed E-state index contributed by atoms with van der Waals surface area (Å²) in [7, 11) is 0. The van der Waals surface area contributed by atoms with Crippen LogP contribution >= 0.6 is 0 Å². The highest BCUT2D eigenvalue weighted by molar-refractivity contribution is 5.97. The Morgan fingerprint density at radius 2 is 1.94 bits per heavy atom. The Labute approximate surface area is 99.5 Å². The maximum atomic E-state index is 5.77. The molecule has 2 rings (SSSR count). The summed E-state index contributed by atoms with van der Waals surface area (Å²) in [6.07, 6.45) is 1.53. The molecule has 0 saturated carbocycles. The van der Waals surface area contributed by atoms with Gasteiger partial charge in [-0.2, -0.15) is 5.10 Å². The van der Waals surface area contributed by atoms with E-state index in [-0.39, 0.29) is 0 Å². The normalized spacial score (nSPS) is 12.2. The third-order valence-corrected chi connectivity index (χ3v) is 2.18. The molecule has 2 N–H and O–H groups in total. The molecule has 1 heterocycles. The first kappa shape index (κ1) is 11.1. The molecule has 0 aliphatic carbocycles. The molecule has 0 fully saturated rings. The number of hydrogen-bond donors (Lipinski definition) is 1. The van der Waals surface area contributed by atoms with Crippen molar-refractivity contribution >= 4 is 12.1 Å². The van der Waals surface area contributed by atoms with Crippen LogP contribution < -0.4 is 5.73 Å². The molecule has 0 saturated heterocycles. The van der Waals surface area contributed by atoms with Gasteiger partial charge in [-0.15, -0.1) is 5.10 Å². The van der Waals surface area contributed by atoms with Crippen LogP contribution in [0.2, 0.25) is 0 Å². The maximum absolute atomic E-state index is 5.77. The highest BCUT2D eigenvalue weighted by atomic mass is 16.3. The first-order valence-corrected chi connectivity index (χ1v) is 5.24. The van der Waals surface area contributed by atoms with Gasteiger partial charge >= 0.3 is 0 Å². The van der Waals surface area contributed by atoms with Crippen molar-refractivity contribution in [3.8, 4) is 0 Å². The minimum absolute atomic E-state index is 0.380. The average Bonchev–Trinajstić information content (AvgIpc) is 2.76. The van der Waals surface area contributed by atoms with E-state index >= 15 is 0 Å². The summed E-state index contributed by atoms with van der Waals surface area (Å²) >= 11 is 0. The van der Waals surface area contributed by atoms with E-state index in [4.69, 9.17) is 10.2 Å². The van der Waals surface area contributed by atoms with Crippen LogP contribution in [-0.2, 0) is 0 Å². The van der Waals surface area contributed by atoms with Gasteiger partial charge in [0.15, 0.2) is 5.84 Å². The second-order valence-electron chi connectivity index (χ2n) is 3.54. The number of rotatable bonds is 3. The van der Waals surface area contributed by atoms with Gasteiger partial charge in [-0.25, -0.2) is 0 Å². The van der Waals surface area contributed by atoms with Gasteiger partial charge < -0.3 is 10.2 Å². The molecule has 0 bridgehead atoms. The molecule has 0 unspecified atom stereocenters. The average molecular weight is 227 g/mol. The number of aryl methyl sites for hydroxylation is 1. The van der Waals surface area contributed by atoms with Crippen molar-refractivity contribution in [2.75, 3.05) is 0 Å². The van der Waals surface area contributed by atoms with E-state index in [1.807, 2.05) is 49.4 Å². The van der Waals surface area contributed by atoms with Gasteiger partial charge in [-0.05, 0) is 19.1 Å². The molecule has 4 heteroatoms. The quantitative estimate of drug-likeness (QED) is 0.497. The lowest BCUT2D eigenvalue weighted by molar-refractivity contribution is 0.528. The van der Waals surface area contributed by atoms with Crippen LogP contribution in [0, 0.1) is 6.92 Å². The Morgan fingerprint density at radius 3 is 2.59 bits per heavy atom. The summed E-state index contributed by atoms with van der Waals surface area (Å²) in [5, 5.41) is 7.78. The molecule has 1 aromatic carbocycles. The molecule has 4 nitrogen and oxygen atoms in total. The van der Waals surface area contributed by atoms with Crippen LogP contribution in [0.25, 0.3) is 0 Å². The summed E-state index contributed by atoms with van der Waals surface area (Å²) in [5.41, 5.74) is 6.62. The van der Waals surface area contributed by atoms with Gasteiger partial charge in [0.2, 0.25) is 0 Å². The van der Waals surface area contributed by atoms with E-state index in [2.05, 4.69) is 10.2 Å². The molecule has 0 radical (unpaired) electrons. The predicted molar refractivity (Wildman–Crippen MR) is 68.2 cm³/mol. The highest BCUT2D eigenvalue weighted by Crippen LogP contribution is 2.03. The van der Waals surface area contributed by atoms with Crippen LogP contribution in [0.1, 0.15) is 17.1 Å². The van der Waals surface area contributed by atoms with Gasteiger partial charge in [-0.3, -0.25) is 0 Å². The summed E-state index contributed by atoms with van der Waals surface area (Å²) in [6, 6.07) is 13.2. The number of hydrogen-bond acceptors (Lipinski definition) is 3. The highest BCUT2D eigenvalue weighted by Gasteiger charge is 1.95. The Hall–Kier alpha value is -2.36. The Bertz CT molecular complexity index is 541. The Balaban J connectivity index is 2.08. The fraction of sp³-hybridized carbons (Fsp3) is 0.0769. The van der Waals surface area contributed by atoms with Crippen LogP contribution in [0.5, 0.6) is 0 Å². The van der Waals surface area contributed by atoms with Crippen molar-refractivity contribution in [3.05, 3.63) is 59.5 Å². The molecule has 0 amide bonds. The van der Waals surface area contributed by atoms with Crippen LogP contribution in [-0.4, -0.2) is 12.1 Å². The summed E-state index contributed by atoms with van der Waals surface area (Å²) in [6.45, 7) is 1.87. The van der Waals surface area contributed by atoms with Crippen LogP contribution in [0.3, 0.4) is 0 Å². The first-order valence-electron chi connectivity index (χ1n) is 5.24. The maximum Gasteiger partial charge on any atom is 0.153 e. The minimum atomic E-state index is 0.380. The minimum Gasteiger partial charge on any atom is -0.460 e. The fourth-order valence-electron chi connectivity index (χ4n) is 1.34. The van der Waals surface area contributed by atoms with Crippen molar-refractivity contribution in [2.24, 2.45) is 15.9 Å². The molecule has 1 aromatic heterocycles. The third-order valence-electron chi connectivity index (χ3n) is 2.18. The smallest absolute Gasteiger partial charge is 0.153 e. The number of furan rings is 1. The van der Waals surface area contributed by atoms with E-state index in [1.54, 1.807) is 0 Å². The van der Waals surface area contributed by atoms with Crippen molar-refractivity contribution in [1.29, 1.82) is 0 Å². The molecule has 17 heavy (non-hydrogen) atoms. The molecular weight excluding hydrogens is 214 g/mol. The van der Waals surface area contributed by atoms with Crippen molar-refractivity contribution in [2.45, 2.75) is 6.92 Å². The molecule has 86 valence electrons. The van der Waals surface area contributed by atoms with Crippen molar-refractivity contribution in [3.63, 3.8) is 0 Å². The Kier molecular flexibility index (Phi) is 3.35. The zero-order valence-corrected chi connectivity index (χ0v) is 9.50. The topological polar surface area (TPSA) is 63.9 Å². The lowest BCUT2D eigenvalue weighted by Gasteiger charge is -1.95. The second-order valence-corrected chi connectivity index (χ2v) is 3.54. The SMILES string of the molecule is Cc1ccc(C=NN=C(N)c2ccccc2)o1. The number of nitrogens with zero attached hydrogens (tertiary/aromatic N) is 2. The van der Waals surface area contributed by atoms with Gasteiger partial charge in [0.25, 0.3) is 0 Å². The summed E-state index contributed by atoms with van der Waals surface area (Å²) < 4.78 is 5.31. The summed E-state index contributed by atoms with van der Waals surface area (Å²) in [4.78, 5) is 0. The monoisotopic (exact) mass is 227 g/mol. The number of nitrogens with two attached hydrogens (primary N) is 1. The van der Waals surface area contributed by atoms with Gasteiger partial charge in [-0.1, -0.05) is 30.3 Å². The standard InChI is InChI=1S/C13H13N3O/c1-10-7-8-12(17-10)9-15-16-13(14)11-5-3-2-4-6-11/h2-9H,1H3,(H2,14,16). The zero-order chi connectivity index (χ0) is 12.1. The third kappa shape index (κ3) is 3.04. The largest absolute Gasteiger partial charge is 0.460 e. The lowest BCUT2D eigenvalue weighted by Crippen LogP contribution is -2.12. The van der Waals surface area contributed by atoms with E-state index in [0.717, 1.165) is 11.3 Å². The lowest BCUT2D eigenvalue weighted by atomic mass is 10.2. The van der Waals surface area contributed by atoms with E-state index in [0.29, 0.717) is 11.6 Å². The molecule has 2 aromatic rings. The molecule has 0 aliphatic rings. The van der Waals surface area contributed by atoms with Gasteiger partial charge in [0.05, 0.1) is 6.21 Å². The number of benzene rings is 1. The second kappa shape index (κ2) is 5.12. The van der Waals surface area contributed by atoms with E-state index < -0.39 is 0 Å². The van der Waals surface area contributed by atoms with Gasteiger partial charge in [0.1, 0.15) is 11.5 Å². The summed E-state index contributed by atoms with van der Waals surface area (Å²) in [5.74, 6) is 1.88. The van der Waals surface area contributed by atoms with Crippen LogP contribution in [0.4, 0.5) is 0 Å². The van der Waals surface area contributed by atoms with Crippen LogP contribution in [0.15, 0.2) is 57.1 Å². The van der Waals surface area contributed by atoms with Gasteiger partial charge in [0, 0.05) is 5.56 Å². The van der Waals surface area contributed by atoms with Crippen molar-refractivity contribution < 1.29 is 4.42 Å². The number of amidine groups is 1. The molecule has 0 spiro atoms.